The van der Waals surface area contributed by atoms with Crippen molar-refractivity contribution in [2.24, 2.45) is 5.41 Å². The van der Waals surface area contributed by atoms with Crippen LogP contribution in [0.4, 0.5) is 15.0 Å². The van der Waals surface area contributed by atoms with E-state index in [9.17, 15) is 9.18 Å². The van der Waals surface area contributed by atoms with Crippen LogP contribution in [0.25, 0.3) is 11.3 Å². The number of hydrogen-bond acceptors (Lipinski definition) is 7. The van der Waals surface area contributed by atoms with E-state index >= 15 is 0 Å². The molecule has 1 atom stereocenters. The highest BCUT2D eigenvalue weighted by molar-refractivity contribution is 5.73. The number of pyridine rings is 1. The van der Waals surface area contributed by atoms with Crippen LogP contribution >= 0.6 is 0 Å². The van der Waals surface area contributed by atoms with E-state index in [0.29, 0.717) is 17.3 Å². The van der Waals surface area contributed by atoms with Gasteiger partial charge < -0.3 is 14.5 Å². The Balaban J connectivity index is 1.06. The molecule has 0 N–H and O–H groups in total. The monoisotopic (exact) mass is 452 g/mol. The van der Waals surface area contributed by atoms with E-state index in [1.807, 2.05) is 4.90 Å². The molecule has 0 radical (unpaired) electrons. The first-order valence-electron chi connectivity index (χ1n) is 12.0. The van der Waals surface area contributed by atoms with Gasteiger partial charge >= 0.3 is 6.09 Å². The molecule has 0 bridgehead atoms. The number of carbonyl (C=O) groups is 1. The quantitative estimate of drug-likeness (QED) is 0.706. The van der Waals surface area contributed by atoms with E-state index in [2.05, 4.69) is 24.8 Å². The zero-order valence-electron chi connectivity index (χ0n) is 18.7. The SMILES string of the molecule is O=C(OC1CC1)N1CC2(CC[C@H](N3CCN(c4ncc(F)cc4-c4cnccn4)CC3)C2)C1. The number of hydrogen-bond donors (Lipinski definition) is 0. The second kappa shape index (κ2) is 8.20. The van der Waals surface area contributed by atoms with Gasteiger partial charge in [0.2, 0.25) is 0 Å². The van der Waals surface area contributed by atoms with Crippen molar-refractivity contribution in [1.82, 2.24) is 24.8 Å². The molecule has 2 aromatic heterocycles. The maximum atomic E-state index is 14.0. The summed E-state index contributed by atoms with van der Waals surface area (Å²) in [5, 5.41) is 0. The minimum atomic E-state index is -0.371. The first-order chi connectivity index (χ1) is 16.1. The maximum Gasteiger partial charge on any atom is 0.410 e. The van der Waals surface area contributed by atoms with E-state index < -0.39 is 0 Å². The molecular formula is C24H29FN6O2. The average molecular weight is 453 g/mol. The fourth-order valence-electron chi connectivity index (χ4n) is 5.68. The van der Waals surface area contributed by atoms with Crippen LogP contribution in [0.2, 0.25) is 0 Å². The summed E-state index contributed by atoms with van der Waals surface area (Å²) in [6.45, 7) is 5.27. The topological polar surface area (TPSA) is 74.7 Å². The van der Waals surface area contributed by atoms with Gasteiger partial charge in [-0.05, 0) is 38.2 Å². The van der Waals surface area contributed by atoms with Gasteiger partial charge in [-0.2, -0.15) is 0 Å². The van der Waals surface area contributed by atoms with Crippen LogP contribution < -0.4 is 4.90 Å². The highest BCUT2D eigenvalue weighted by atomic mass is 19.1. The molecule has 2 aliphatic carbocycles. The Kier molecular flexibility index (Phi) is 5.16. The summed E-state index contributed by atoms with van der Waals surface area (Å²) in [6.07, 6.45) is 11.8. The molecule has 2 saturated carbocycles. The van der Waals surface area contributed by atoms with Crippen LogP contribution in [0.1, 0.15) is 32.1 Å². The van der Waals surface area contributed by atoms with Gasteiger partial charge in [0.15, 0.2) is 0 Å². The molecule has 174 valence electrons. The minimum absolute atomic E-state index is 0.120. The van der Waals surface area contributed by atoms with Gasteiger partial charge in [0, 0.05) is 68.7 Å². The fraction of sp³-hybridized carbons (Fsp3) is 0.583. The van der Waals surface area contributed by atoms with Gasteiger partial charge in [-0.25, -0.2) is 14.2 Å². The molecule has 8 nitrogen and oxygen atoms in total. The van der Waals surface area contributed by atoms with Crippen LogP contribution in [-0.2, 0) is 4.74 Å². The summed E-state index contributed by atoms with van der Waals surface area (Å²) >= 11 is 0. The van der Waals surface area contributed by atoms with Crippen LogP contribution in [0.5, 0.6) is 0 Å². The molecule has 2 aromatic rings. The molecule has 6 rings (SSSR count). The van der Waals surface area contributed by atoms with Gasteiger partial charge in [-0.3, -0.25) is 14.9 Å². The van der Waals surface area contributed by atoms with Crippen LogP contribution in [0, 0.1) is 11.2 Å². The predicted octanol–water partition coefficient (Wildman–Crippen LogP) is 2.95. The largest absolute Gasteiger partial charge is 0.446 e. The second-order valence-corrected chi connectivity index (χ2v) is 9.97. The first-order valence-corrected chi connectivity index (χ1v) is 12.0. The molecule has 4 heterocycles. The van der Waals surface area contributed by atoms with Crippen molar-refractivity contribution in [2.75, 3.05) is 44.2 Å². The minimum Gasteiger partial charge on any atom is -0.446 e. The maximum absolute atomic E-state index is 14.0. The Bertz CT molecular complexity index is 1020. The average Bonchev–Trinajstić information content (AvgIpc) is 3.52. The Morgan fingerprint density at radius 3 is 2.61 bits per heavy atom. The van der Waals surface area contributed by atoms with Crippen molar-refractivity contribution >= 4 is 11.9 Å². The van der Waals surface area contributed by atoms with Crippen molar-refractivity contribution < 1.29 is 13.9 Å². The summed E-state index contributed by atoms with van der Waals surface area (Å²) in [7, 11) is 0. The van der Waals surface area contributed by atoms with Crippen molar-refractivity contribution in [3.8, 4) is 11.3 Å². The Labute approximate surface area is 192 Å². The molecule has 9 heteroatoms. The highest BCUT2D eigenvalue weighted by Gasteiger charge is 2.51. The first kappa shape index (κ1) is 20.8. The fourth-order valence-corrected chi connectivity index (χ4v) is 5.68. The van der Waals surface area contributed by atoms with Crippen molar-refractivity contribution in [3.05, 3.63) is 36.7 Å². The van der Waals surface area contributed by atoms with Gasteiger partial charge in [-0.1, -0.05) is 0 Å². The van der Waals surface area contributed by atoms with Crippen molar-refractivity contribution in [3.63, 3.8) is 0 Å². The lowest BCUT2D eigenvalue weighted by Gasteiger charge is -2.48. The van der Waals surface area contributed by atoms with E-state index in [0.717, 1.165) is 64.3 Å². The summed E-state index contributed by atoms with van der Waals surface area (Å²) in [4.78, 5) is 31.8. The number of carbonyl (C=O) groups excluding carboxylic acids is 1. The van der Waals surface area contributed by atoms with Crippen LogP contribution in [0.15, 0.2) is 30.9 Å². The summed E-state index contributed by atoms with van der Waals surface area (Å²) < 4.78 is 19.4. The van der Waals surface area contributed by atoms with Crippen molar-refractivity contribution in [2.45, 2.75) is 44.2 Å². The molecule has 0 unspecified atom stereocenters. The summed E-state index contributed by atoms with van der Waals surface area (Å²) in [5.74, 6) is 0.396. The molecule has 33 heavy (non-hydrogen) atoms. The van der Waals surface area contributed by atoms with Gasteiger partial charge in [0.25, 0.3) is 0 Å². The molecular weight excluding hydrogens is 423 g/mol. The number of piperazine rings is 1. The lowest BCUT2D eigenvalue weighted by Crippen LogP contribution is -2.58. The van der Waals surface area contributed by atoms with Gasteiger partial charge in [0.05, 0.1) is 18.1 Å². The molecule has 4 fully saturated rings. The molecule has 1 amide bonds. The highest BCUT2D eigenvalue weighted by Crippen LogP contribution is 2.47. The third-order valence-corrected chi connectivity index (χ3v) is 7.58. The van der Waals surface area contributed by atoms with Crippen LogP contribution in [-0.4, -0.2) is 82.3 Å². The Morgan fingerprint density at radius 1 is 1.06 bits per heavy atom. The number of likely N-dealkylation sites (tertiary alicyclic amines) is 1. The number of ether oxygens (including phenoxy) is 1. The lowest BCUT2D eigenvalue weighted by molar-refractivity contribution is -0.00678. The molecule has 4 aliphatic rings. The number of rotatable bonds is 4. The summed E-state index contributed by atoms with van der Waals surface area (Å²) in [6, 6.07) is 2.06. The normalized spacial score (nSPS) is 24.7. The zero-order valence-corrected chi connectivity index (χ0v) is 18.7. The third-order valence-electron chi connectivity index (χ3n) is 7.58. The number of anilines is 1. The number of nitrogens with zero attached hydrogens (tertiary/aromatic N) is 6. The number of halogens is 1. The number of amides is 1. The number of aromatic nitrogens is 3. The molecule has 1 spiro atoms. The van der Waals surface area contributed by atoms with Crippen molar-refractivity contribution in [1.29, 1.82) is 0 Å². The van der Waals surface area contributed by atoms with Crippen LogP contribution in [0.3, 0.4) is 0 Å². The van der Waals surface area contributed by atoms with Gasteiger partial charge in [-0.15, -0.1) is 0 Å². The molecule has 0 aromatic carbocycles. The van der Waals surface area contributed by atoms with Gasteiger partial charge in [0.1, 0.15) is 17.7 Å². The molecule has 2 saturated heterocycles. The Morgan fingerprint density at radius 2 is 1.88 bits per heavy atom. The predicted molar refractivity (Wildman–Crippen MR) is 120 cm³/mol. The zero-order chi connectivity index (χ0) is 22.4. The Hall–Kier alpha value is -2.81. The molecule has 2 aliphatic heterocycles. The lowest BCUT2D eigenvalue weighted by atomic mass is 9.78. The van der Waals surface area contributed by atoms with E-state index in [4.69, 9.17) is 4.74 Å². The third kappa shape index (κ3) is 4.14. The second-order valence-electron chi connectivity index (χ2n) is 9.97. The van der Waals surface area contributed by atoms with E-state index in [-0.39, 0.29) is 23.4 Å². The summed E-state index contributed by atoms with van der Waals surface area (Å²) in [5.41, 5.74) is 1.60. The smallest absolute Gasteiger partial charge is 0.410 e. The van der Waals surface area contributed by atoms with E-state index in [1.54, 1.807) is 18.6 Å². The standard InChI is InChI=1S/C24H29FN6O2/c25-17-11-20(21-14-26-5-6-27-21)22(28-13-17)30-9-7-29(8-10-30)18-3-4-24(12-18)15-31(16-24)23(32)33-19-1-2-19/h5-6,11,13-14,18-19H,1-4,7-10,12,15-16H2/t18-/m0/s1. The van der Waals surface area contributed by atoms with E-state index in [1.165, 1.54) is 25.1 Å².